The Balaban J connectivity index is 1.87. The number of nitrogens with one attached hydrogen (secondary N) is 1. The highest BCUT2D eigenvalue weighted by atomic mass is 35.5. The van der Waals surface area contributed by atoms with Gasteiger partial charge in [0.15, 0.2) is 5.78 Å². The maximum absolute atomic E-state index is 13.0. The molecule has 144 valence electrons. The normalized spacial score (nSPS) is 11.3. The van der Waals surface area contributed by atoms with Crippen LogP contribution in [0, 0.1) is 0 Å². The number of alkyl halides is 3. The number of carboxylic acids is 1. The number of carbonyl (C=O) groups excluding carboxylic acids is 1. The van der Waals surface area contributed by atoms with Crippen LogP contribution < -0.4 is 5.32 Å². The van der Waals surface area contributed by atoms with E-state index in [9.17, 15) is 22.8 Å². The number of ketones is 1. The van der Waals surface area contributed by atoms with Gasteiger partial charge < -0.3 is 15.2 Å². The van der Waals surface area contributed by atoms with Crippen molar-refractivity contribution in [2.24, 2.45) is 0 Å². The summed E-state index contributed by atoms with van der Waals surface area (Å²) in [5, 5.41) is 11.6. The van der Waals surface area contributed by atoms with Crippen molar-refractivity contribution < 1.29 is 32.6 Å². The van der Waals surface area contributed by atoms with E-state index in [4.69, 9.17) is 21.4 Å². The lowest BCUT2D eigenvalue weighted by atomic mass is 10.1. The van der Waals surface area contributed by atoms with Gasteiger partial charge in [-0.3, -0.25) is 4.79 Å². The topological polar surface area (TPSA) is 75.6 Å². The highest BCUT2D eigenvalue weighted by Gasteiger charge is 2.33. The van der Waals surface area contributed by atoms with Gasteiger partial charge in [0, 0.05) is 10.7 Å². The van der Waals surface area contributed by atoms with E-state index in [2.05, 4.69) is 5.32 Å². The van der Waals surface area contributed by atoms with Crippen molar-refractivity contribution in [2.45, 2.75) is 12.8 Å². The Labute approximate surface area is 157 Å². The molecule has 2 N–H and O–H groups in total. The first-order valence-corrected chi connectivity index (χ1v) is 8.07. The van der Waals surface area contributed by atoms with E-state index in [1.165, 1.54) is 30.3 Å². The molecule has 27 heavy (non-hydrogen) atoms. The van der Waals surface area contributed by atoms with Gasteiger partial charge in [0.05, 0.1) is 24.3 Å². The first kappa shape index (κ1) is 20.7. The second-order valence-corrected chi connectivity index (χ2v) is 6.01. The molecule has 0 unspecified atom stereocenters. The number of hydrogen-bond acceptors (Lipinski definition) is 4. The molecule has 0 saturated heterocycles. The second-order valence-electron chi connectivity index (χ2n) is 5.57. The highest BCUT2D eigenvalue weighted by Crippen LogP contribution is 2.34. The molecule has 0 aliphatic rings. The van der Waals surface area contributed by atoms with E-state index in [0.29, 0.717) is 5.69 Å². The van der Waals surface area contributed by atoms with E-state index in [1.54, 1.807) is 6.07 Å². The number of carboxylic acid groups (broad SMARTS) is 1. The monoisotopic (exact) mass is 401 g/mol. The average molecular weight is 402 g/mol. The van der Waals surface area contributed by atoms with Gasteiger partial charge >= 0.3 is 12.1 Å². The molecule has 2 aromatic rings. The molecule has 0 heterocycles. The van der Waals surface area contributed by atoms with Crippen LogP contribution in [0.4, 0.5) is 18.9 Å². The Morgan fingerprint density at radius 1 is 1.15 bits per heavy atom. The molecule has 0 radical (unpaired) electrons. The van der Waals surface area contributed by atoms with Crippen LogP contribution in [0.5, 0.6) is 0 Å². The minimum absolute atomic E-state index is 0.0463. The molecule has 2 rings (SSSR count). The number of rotatable bonds is 8. The molecule has 0 spiro atoms. The van der Waals surface area contributed by atoms with Crippen LogP contribution >= 0.6 is 11.6 Å². The van der Waals surface area contributed by atoms with Gasteiger partial charge in [0.25, 0.3) is 0 Å². The lowest BCUT2D eigenvalue weighted by molar-refractivity contribution is -0.139. The molecular formula is C18H15ClF3NO4. The largest absolute Gasteiger partial charge is 0.478 e. The minimum Gasteiger partial charge on any atom is -0.478 e. The SMILES string of the molecule is O=C(CNc1cccc(C(=O)O)c1)COCc1ccc(Cl)cc1C(F)(F)F. The summed E-state index contributed by atoms with van der Waals surface area (Å²) in [5.41, 5.74) is -0.542. The lowest BCUT2D eigenvalue weighted by Gasteiger charge is -2.13. The molecule has 0 bridgehead atoms. The third-order valence-corrected chi connectivity index (χ3v) is 3.73. The van der Waals surface area contributed by atoms with Crippen molar-refractivity contribution in [1.29, 1.82) is 0 Å². The predicted octanol–water partition coefficient (Wildman–Crippen LogP) is 4.25. The van der Waals surface area contributed by atoms with Crippen LogP contribution in [-0.4, -0.2) is 30.0 Å². The number of anilines is 1. The Morgan fingerprint density at radius 2 is 1.89 bits per heavy atom. The van der Waals surface area contributed by atoms with Crippen LogP contribution in [0.3, 0.4) is 0 Å². The van der Waals surface area contributed by atoms with Crippen LogP contribution in [0.25, 0.3) is 0 Å². The number of hydrogen-bond donors (Lipinski definition) is 2. The summed E-state index contributed by atoms with van der Waals surface area (Å²) in [4.78, 5) is 22.7. The van der Waals surface area contributed by atoms with Crippen molar-refractivity contribution in [1.82, 2.24) is 0 Å². The zero-order valence-electron chi connectivity index (χ0n) is 13.8. The molecule has 0 fully saturated rings. The van der Waals surface area contributed by atoms with Gasteiger partial charge in [-0.2, -0.15) is 13.2 Å². The van der Waals surface area contributed by atoms with Gasteiger partial charge in [-0.25, -0.2) is 4.79 Å². The van der Waals surface area contributed by atoms with Gasteiger partial charge in [-0.15, -0.1) is 0 Å². The lowest BCUT2D eigenvalue weighted by Crippen LogP contribution is -2.19. The summed E-state index contributed by atoms with van der Waals surface area (Å²) in [6, 6.07) is 9.19. The summed E-state index contributed by atoms with van der Waals surface area (Å²) in [6.45, 7) is -0.951. The summed E-state index contributed by atoms with van der Waals surface area (Å²) in [5.74, 6) is -1.50. The van der Waals surface area contributed by atoms with Crippen LogP contribution in [0.1, 0.15) is 21.5 Å². The van der Waals surface area contributed by atoms with Crippen LogP contribution in [-0.2, 0) is 22.3 Å². The van der Waals surface area contributed by atoms with E-state index in [1.807, 2.05) is 0 Å². The summed E-state index contributed by atoms with van der Waals surface area (Å²) < 4.78 is 44.0. The van der Waals surface area contributed by atoms with Gasteiger partial charge in [-0.1, -0.05) is 23.7 Å². The third-order valence-electron chi connectivity index (χ3n) is 3.50. The molecule has 2 aromatic carbocycles. The Kier molecular flexibility index (Phi) is 6.81. The molecule has 0 aromatic heterocycles. The standard InChI is InChI=1S/C18H15ClF3NO4/c19-13-5-4-12(16(7-13)18(20,21)22)9-27-10-15(24)8-23-14-3-1-2-11(6-14)17(25)26/h1-7,23H,8-10H2,(H,25,26). The molecule has 9 heteroatoms. The number of halogens is 4. The van der Waals surface area contributed by atoms with Crippen molar-refractivity contribution in [3.05, 3.63) is 64.2 Å². The fourth-order valence-corrected chi connectivity index (χ4v) is 2.40. The first-order chi connectivity index (χ1) is 12.7. The van der Waals surface area contributed by atoms with Gasteiger partial charge in [0.1, 0.15) is 6.61 Å². The predicted molar refractivity (Wildman–Crippen MR) is 93.0 cm³/mol. The highest BCUT2D eigenvalue weighted by molar-refractivity contribution is 6.30. The van der Waals surface area contributed by atoms with Crippen molar-refractivity contribution >= 4 is 29.0 Å². The summed E-state index contributed by atoms with van der Waals surface area (Å²) >= 11 is 5.60. The van der Waals surface area contributed by atoms with E-state index in [0.717, 1.165) is 6.07 Å². The smallest absolute Gasteiger partial charge is 0.416 e. The van der Waals surface area contributed by atoms with E-state index in [-0.39, 0.29) is 22.7 Å². The van der Waals surface area contributed by atoms with Crippen LogP contribution in [0.2, 0.25) is 5.02 Å². The number of Topliss-reactive ketones (excluding diaryl/α,β-unsaturated/α-hetero) is 1. The summed E-state index contributed by atoms with van der Waals surface area (Å²) in [7, 11) is 0. The van der Waals surface area contributed by atoms with E-state index < -0.39 is 36.7 Å². The first-order valence-electron chi connectivity index (χ1n) is 7.69. The Hall–Kier alpha value is -2.58. The quantitative estimate of drug-likeness (QED) is 0.691. The Morgan fingerprint density at radius 3 is 2.56 bits per heavy atom. The number of carbonyl (C=O) groups is 2. The zero-order valence-corrected chi connectivity index (χ0v) is 14.6. The molecule has 5 nitrogen and oxygen atoms in total. The number of aromatic carboxylic acids is 1. The molecule has 0 amide bonds. The second kappa shape index (κ2) is 8.88. The minimum atomic E-state index is -4.58. The zero-order chi connectivity index (χ0) is 20.0. The van der Waals surface area contributed by atoms with Gasteiger partial charge in [0.2, 0.25) is 0 Å². The molecule has 0 atom stereocenters. The number of ether oxygens (including phenoxy) is 1. The van der Waals surface area contributed by atoms with Crippen molar-refractivity contribution in [3.8, 4) is 0 Å². The number of benzene rings is 2. The molecule has 0 aliphatic heterocycles. The maximum atomic E-state index is 13.0. The maximum Gasteiger partial charge on any atom is 0.416 e. The van der Waals surface area contributed by atoms with Crippen molar-refractivity contribution in [3.63, 3.8) is 0 Å². The fourth-order valence-electron chi connectivity index (χ4n) is 2.23. The third kappa shape index (κ3) is 6.26. The fraction of sp³-hybridized carbons (Fsp3) is 0.222. The molecule has 0 saturated carbocycles. The Bertz CT molecular complexity index is 840. The van der Waals surface area contributed by atoms with Crippen LogP contribution in [0.15, 0.2) is 42.5 Å². The van der Waals surface area contributed by atoms with Gasteiger partial charge in [-0.05, 0) is 35.9 Å². The summed E-state index contributed by atoms with van der Waals surface area (Å²) in [6.07, 6.45) is -4.58. The molecule has 0 aliphatic carbocycles. The average Bonchev–Trinajstić information content (AvgIpc) is 2.60. The van der Waals surface area contributed by atoms with E-state index >= 15 is 0 Å². The van der Waals surface area contributed by atoms with Crippen molar-refractivity contribution in [2.75, 3.05) is 18.5 Å². The molecular weight excluding hydrogens is 387 g/mol.